The van der Waals surface area contributed by atoms with Crippen molar-refractivity contribution in [3.05, 3.63) is 109 Å². The third kappa shape index (κ3) is 6.12. The Bertz CT molecular complexity index is 1620. The van der Waals surface area contributed by atoms with E-state index in [0.29, 0.717) is 55.3 Å². The van der Waals surface area contributed by atoms with E-state index in [2.05, 4.69) is 34.1 Å². The van der Waals surface area contributed by atoms with Gasteiger partial charge in [0, 0.05) is 0 Å². The Morgan fingerprint density at radius 2 is 1.74 bits per heavy atom. The summed E-state index contributed by atoms with van der Waals surface area (Å²) in [6.45, 7) is 2.78. The second-order valence-corrected chi connectivity index (χ2v) is 11.4. The molecule has 1 aliphatic heterocycles. The molecule has 4 aromatic rings. The highest BCUT2D eigenvalue weighted by Gasteiger charge is 2.35. The lowest BCUT2D eigenvalue weighted by Gasteiger charge is -2.16. The Balaban J connectivity index is 1.38. The van der Waals surface area contributed by atoms with Crippen molar-refractivity contribution < 1.29 is 19.1 Å². The number of imide groups is 1. The molecule has 1 saturated heterocycles. The zero-order chi connectivity index (χ0) is 27.5. The maximum Gasteiger partial charge on any atom is 0.293 e. The second-order valence-electron chi connectivity index (χ2n) is 8.71. The monoisotopic (exact) mass is 641 g/mol. The number of rotatable bonds is 8. The normalized spacial score (nSPS) is 14.5. The zero-order valence-corrected chi connectivity index (χ0v) is 24.7. The highest BCUT2D eigenvalue weighted by atomic mass is 79.9. The highest BCUT2D eigenvalue weighted by Crippen LogP contribution is 2.40. The number of benzene rings is 4. The van der Waals surface area contributed by atoms with Crippen molar-refractivity contribution in [1.29, 1.82) is 0 Å². The summed E-state index contributed by atoms with van der Waals surface area (Å²) in [5.41, 5.74) is 2.46. The molecule has 0 atom stereocenters. The van der Waals surface area contributed by atoms with Gasteiger partial charge in [-0.15, -0.1) is 0 Å². The van der Waals surface area contributed by atoms with Crippen LogP contribution in [0.15, 0.2) is 82.2 Å². The zero-order valence-electron chi connectivity index (χ0n) is 20.7. The molecule has 39 heavy (non-hydrogen) atoms. The minimum Gasteiger partial charge on any atom is -0.490 e. The van der Waals surface area contributed by atoms with E-state index in [1.54, 1.807) is 30.3 Å². The summed E-state index contributed by atoms with van der Waals surface area (Å²) in [4.78, 5) is 27.3. The van der Waals surface area contributed by atoms with Crippen molar-refractivity contribution in [3.8, 4) is 11.5 Å². The average Bonchev–Trinajstić information content (AvgIpc) is 3.17. The van der Waals surface area contributed by atoms with Crippen molar-refractivity contribution in [1.82, 2.24) is 4.90 Å². The van der Waals surface area contributed by atoms with Crippen molar-refractivity contribution >= 4 is 78.9 Å². The molecule has 0 saturated carbocycles. The number of nitrogens with zero attached hydrogens (tertiary/aromatic N) is 1. The molecule has 198 valence electrons. The van der Waals surface area contributed by atoms with E-state index in [4.69, 9.17) is 32.7 Å². The van der Waals surface area contributed by atoms with Gasteiger partial charge in [0.15, 0.2) is 11.5 Å². The van der Waals surface area contributed by atoms with Gasteiger partial charge in [-0.05, 0) is 92.4 Å². The minimum atomic E-state index is -0.374. The summed E-state index contributed by atoms with van der Waals surface area (Å²) in [7, 11) is 0. The molecule has 2 amide bonds. The summed E-state index contributed by atoms with van der Waals surface area (Å²) < 4.78 is 12.8. The molecule has 5 rings (SSSR count). The van der Waals surface area contributed by atoms with Crippen LogP contribution in [0, 0.1) is 0 Å². The van der Waals surface area contributed by atoms with Crippen LogP contribution in [0.5, 0.6) is 11.5 Å². The molecule has 0 radical (unpaired) electrons. The molecule has 0 aliphatic carbocycles. The van der Waals surface area contributed by atoms with Crippen LogP contribution < -0.4 is 9.47 Å². The van der Waals surface area contributed by atoms with E-state index >= 15 is 0 Å². The first kappa shape index (κ1) is 27.6. The molecular formula is C30H22BrCl2NO4S. The van der Waals surface area contributed by atoms with E-state index in [1.807, 2.05) is 37.3 Å². The Morgan fingerprint density at radius 1 is 0.949 bits per heavy atom. The predicted octanol–water partition coefficient (Wildman–Crippen LogP) is 9.12. The van der Waals surface area contributed by atoms with Crippen molar-refractivity contribution in [3.63, 3.8) is 0 Å². The molecule has 0 bridgehead atoms. The fourth-order valence-corrected chi connectivity index (χ4v) is 5.98. The molecule has 9 heteroatoms. The summed E-state index contributed by atoms with van der Waals surface area (Å²) in [6, 6.07) is 23.0. The van der Waals surface area contributed by atoms with E-state index in [-0.39, 0.29) is 17.7 Å². The number of halogens is 3. The van der Waals surface area contributed by atoms with Crippen LogP contribution in [-0.4, -0.2) is 22.7 Å². The molecule has 4 aromatic carbocycles. The molecule has 5 nitrogen and oxygen atoms in total. The summed E-state index contributed by atoms with van der Waals surface area (Å²) in [6.07, 6.45) is 1.68. The van der Waals surface area contributed by atoms with Gasteiger partial charge < -0.3 is 9.47 Å². The summed E-state index contributed by atoms with van der Waals surface area (Å²) in [5, 5.41) is 2.70. The van der Waals surface area contributed by atoms with Gasteiger partial charge in [-0.1, -0.05) is 71.7 Å². The van der Waals surface area contributed by atoms with Crippen LogP contribution in [0.2, 0.25) is 10.0 Å². The van der Waals surface area contributed by atoms with Crippen LogP contribution in [0.1, 0.15) is 23.6 Å². The molecule has 0 spiro atoms. The standard InChI is InChI=1S/C30H22BrCl2NO4S/c1-2-37-26-14-19(12-23(31)28(26)38-17-21-8-5-7-20-6-3-4-9-22(20)21)15-27-29(35)34(30(36)39-27)16-18-10-11-24(32)25(33)13-18/h3-15H,2,16-17H2,1H3/b27-15+. The number of fused-ring (bicyclic) bond motifs is 1. The van der Waals surface area contributed by atoms with E-state index in [9.17, 15) is 9.59 Å². The maximum atomic E-state index is 13.1. The van der Waals surface area contributed by atoms with E-state index in [1.165, 1.54) is 4.90 Å². The van der Waals surface area contributed by atoms with Gasteiger partial charge in [0.2, 0.25) is 0 Å². The van der Waals surface area contributed by atoms with E-state index in [0.717, 1.165) is 28.1 Å². The topological polar surface area (TPSA) is 55.8 Å². The Morgan fingerprint density at radius 3 is 2.54 bits per heavy atom. The molecule has 0 aromatic heterocycles. The summed E-state index contributed by atoms with van der Waals surface area (Å²) in [5.74, 6) is 0.726. The van der Waals surface area contributed by atoms with Gasteiger partial charge in [-0.2, -0.15) is 0 Å². The van der Waals surface area contributed by atoms with Crippen molar-refractivity contribution in [2.24, 2.45) is 0 Å². The summed E-state index contributed by atoms with van der Waals surface area (Å²) >= 11 is 16.6. The predicted molar refractivity (Wildman–Crippen MR) is 162 cm³/mol. The lowest BCUT2D eigenvalue weighted by atomic mass is 10.1. The Hall–Kier alpha value is -2.97. The van der Waals surface area contributed by atoms with Crippen molar-refractivity contribution in [2.45, 2.75) is 20.1 Å². The smallest absolute Gasteiger partial charge is 0.293 e. The molecule has 1 fully saturated rings. The van der Waals surface area contributed by atoms with Crippen LogP contribution >= 0.6 is 50.9 Å². The number of carbonyl (C=O) groups is 2. The van der Waals surface area contributed by atoms with Gasteiger partial charge in [-0.25, -0.2) is 0 Å². The number of hydrogen-bond acceptors (Lipinski definition) is 5. The van der Waals surface area contributed by atoms with Crippen LogP contribution in [0.4, 0.5) is 4.79 Å². The third-order valence-electron chi connectivity index (χ3n) is 6.08. The van der Waals surface area contributed by atoms with Gasteiger partial charge >= 0.3 is 0 Å². The molecular weight excluding hydrogens is 621 g/mol. The molecule has 0 N–H and O–H groups in total. The Kier molecular flexibility index (Phi) is 8.52. The van der Waals surface area contributed by atoms with Gasteiger partial charge in [-0.3, -0.25) is 14.5 Å². The van der Waals surface area contributed by atoms with Crippen LogP contribution in [0.25, 0.3) is 16.8 Å². The fourth-order valence-electron chi connectivity index (χ4n) is 4.25. The quantitative estimate of drug-likeness (QED) is 0.179. The minimum absolute atomic E-state index is 0.105. The molecule has 0 unspecified atom stereocenters. The largest absolute Gasteiger partial charge is 0.490 e. The first-order chi connectivity index (χ1) is 18.8. The van der Waals surface area contributed by atoms with Gasteiger partial charge in [0.1, 0.15) is 6.61 Å². The second kappa shape index (κ2) is 12.0. The number of amides is 2. The number of ether oxygens (including phenoxy) is 2. The van der Waals surface area contributed by atoms with Gasteiger partial charge in [0.05, 0.1) is 32.6 Å². The van der Waals surface area contributed by atoms with Crippen molar-refractivity contribution in [2.75, 3.05) is 6.61 Å². The highest BCUT2D eigenvalue weighted by molar-refractivity contribution is 9.10. The number of thioether (sulfide) groups is 1. The lowest BCUT2D eigenvalue weighted by Crippen LogP contribution is -2.27. The fraction of sp³-hybridized carbons (Fsp3) is 0.133. The van der Waals surface area contributed by atoms with E-state index < -0.39 is 0 Å². The molecule has 1 heterocycles. The molecule has 1 aliphatic rings. The SMILES string of the molecule is CCOc1cc(/C=C2/SC(=O)N(Cc3ccc(Cl)c(Cl)c3)C2=O)cc(Br)c1OCc1cccc2ccccc12. The first-order valence-electron chi connectivity index (χ1n) is 12.1. The third-order valence-corrected chi connectivity index (χ3v) is 8.32. The number of hydrogen-bond donors (Lipinski definition) is 0. The first-order valence-corrected chi connectivity index (χ1v) is 14.5. The average molecular weight is 643 g/mol. The Labute approximate surface area is 248 Å². The van der Waals surface area contributed by atoms with Crippen LogP contribution in [-0.2, 0) is 17.9 Å². The van der Waals surface area contributed by atoms with Gasteiger partial charge in [0.25, 0.3) is 11.1 Å². The van der Waals surface area contributed by atoms with Crippen LogP contribution in [0.3, 0.4) is 0 Å². The maximum absolute atomic E-state index is 13.1. The number of carbonyl (C=O) groups excluding carboxylic acids is 2. The lowest BCUT2D eigenvalue weighted by molar-refractivity contribution is -0.123.